The van der Waals surface area contributed by atoms with Gasteiger partial charge >= 0.3 is 0 Å². The predicted octanol–water partition coefficient (Wildman–Crippen LogP) is 2.45. The molecule has 18 nitrogen and oxygen atoms in total. The minimum absolute atomic E-state index is 0.0207. The van der Waals surface area contributed by atoms with Gasteiger partial charge in [-0.25, -0.2) is 0 Å². The molecule has 0 saturated heterocycles. The summed E-state index contributed by atoms with van der Waals surface area (Å²) in [4.78, 5) is 115. The van der Waals surface area contributed by atoms with Crippen LogP contribution in [0.3, 0.4) is 0 Å². The van der Waals surface area contributed by atoms with Gasteiger partial charge in [0.15, 0.2) is 0 Å². The molecule has 284 valence electrons. The van der Waals surface area contributed by atoms with Gasteiger partial charge in [-0.05, 0) is 61.4 Å². The maximum atomic E-state index is 13.9. The molecule has 15 aliphatic rings. The molecule has 20 bridgehead atoms. The summed E-state index contributed by atoms with van der Waals surface area (Å²) in [7, 11) is 0. The second-order valence-corrected chi connectivity index (χ2v) is 14.7. The summed E-state index contributed by atoms with van der Waals surface area (Å²) in [6.07, 6.45) is 3.70. The number of hydrogen-bond donors (Lipinski definition) is 0. The van der Waals surface area contributed by atoms with Crippen LogP contribution < -0.4 is 0 Å². The summed E-state index contributed by atoms with van der Waals surface area (Å²) < 4.78 is 2.97. The lowest BCUT2D eigenvalue weighted by Crippen LogP contribution is -2.44. The Morgan fingerprint density at radius 1 is 0.345 bits per heavy atom. The van der Waals surface area contributed by atoms with Crippen molar-refractivity contribution in [1.29, 1.82) is 0 Å². The van der Waals surface area contributed by atoms with Crippen molar-refractivity contribution in [2.24, 2.45) is 0 Å². The summed E-state index contributed by atoms with van der Waals surface area (Å²) in [6.45, 7) is 0.0691. The van der Waals surface area contributed by atoms with Crippen LogP contribution in [0.5, 0.6) is 0 Å². The Kier molecular flexibility index (Phi) is 6.87. The highest BCUT2D eigenvalue weighted by Crippen LogP contribution is 2.40. The highest BCUT2D eigenvalue weighted by molar-refractivity contribution is 6.34. The van der Waals surface area contributed by atoms with Crippen molar-refractivity contribution in [2.45, 2.75) is 39.0 Å². The third-order valence-electron chi connectivity index (χ3n) is 11.5. The number of rotatable bonds is 0. The molecule has 18 heteroatoms. The molecule has 0 aliphatic carbocycles. The van der Waals surface area contributed by atoms with E-state index in [4.69, 9.17) is 0 Å². The molecular formula is C40H26N10O8. The molecule has 21 rings (SSSR count). The fraction of sp³-hybridized carbons (Fsp3) is 0.200. The van der Waals surface area contributed by atoms with Gasteiger partial charge in [-0.3, -0.25) is 67.3 Å². The Balaban J connectivity index is 0.964. The lowest BCUT2D eigenvalue weighted by atomic mass is 9.86. The Morgan fingerprint density at radius 2 is 0.603 bits per heavy atom. The van der Waals surface area contributed by atoms with Crippen LogP contribution >= 0.6 is 0 Å². The number of imide groups is 4. The molecule has 4 aromatic carbocycles. The summed E-state index contributed by atoms with van der Waals surface area (Å²) in [5.74, 6) is -4.70. The van der Waals surface area contributed by atoms with E-state index in [9.17, 15) is 38.4 Å². The Bertz CT molecular complexity index is 2680. The van der Waals surface area contributed by atoms with E-state index >= 15 is 0 Å². The lowest BCUT2D eigenvalue weighted by molar-refractivity contribution is 0.0575. The van der Waals surface area contributed by atoms with E-state index in [-0.39, 0.29) is 118 Å². The number of aromatic nitrogens is 6. The zero-order valence-electron chi connectivity index (χ0n) is 30.2. The molecular weight excluding hydrogens is 749 g/mol. The van der Waals surface area contributed by atoms with Crippen molar-refractivity contribution in [3.05, 3.63) is 117 Å². The SMILES string of the molecule is O=C1c2ccc3c4c5ccc(c24)C(=O)N1CCCn1cc(nn1)CN1C(=O)c2ccc4c6c(ccc(c26)C1=O)C(=O)N(Cc1cn(nn1)CCCN(C3=O)C5=O)C4=O. The van der Waals surface area contributed by atoms with Crippen LogP contribution in [0.2, 0.25) is 0 Å². The van der Waals surface area contributed by atoms with Crippen LogP contribution in [0.15, 0.2) is 60.9 Å². The number of carbonyl (C=O) groups excluding carboxylic acids is 8. The van der Waals surface area contributed by atoms with Crippen molar-refractivity contribution < 1.29 is 38.4 Å². The van der Waals surface area contributed by atoms with Gasteiger partial charge in [-0.15, -0.1) is 10.2 Å². The van der Waals surface area contributed by atoms with E-state index in [1.807, 2.05) is 0 Å². The van der Waals surface area contributed by atoms with Gasteiger partial charge < -0.3 is 0 Å². The summed E-state index contributed by atoms with van der Waals surface area (Å²) in [5.41, 5.74) is 2.04. The number of carbonyl (C=O) groups is 8. The third kappa shape index (κ3) is 4.53. The number of nitrogens with zero attached hydrogens (tertiary/aromatic N) is 10. The normalized spacial score (nSPS) is 17.9. The molecule has 0 spiro atoms. The number of amides is 8. The number of aryl methyl sites for hydroxylation is 2. The van der Waals surface area contributed by atoms with E-state index in [0.717, 1.165) is 19.6 Å². The van der Waals surface area contributed by atoms with Gasteiger partial charge in [0.05, 0.1) is 25.5 Å². The van der Waals surface area contributed by atoms with Crippen LogP contribution in [-0.4, -0.2) is 110 Å². The van der Waals surface area contributed by atoms with E-state index < -0.39 is 47.3 Å². The van der Waals surface area contributed by atoms with Gasteiger partial charge in [0.1, 0.15) is 11.4 Å². The molecule has 0 atom stereocenters. The zero-order chi connectivity index (χ0) is 39.7. The first-order valence-electron chi connectivity index (χ1n) is 18.5. The van der Waals surface area contributed by atoms with Gasteiger partial charge in [0.25, 0.3) is 47.3 Å². The molecule has 0 unspecified atom stereocenters. The average Bonchev–Trinajstić information content (AvgIpc) is 3.88. The minimum Gasteiger partial charge on any atom is -0.274 e. The maximum absolute atomic E-state index is 13.9. The van der Waals surface area contributed by atoms with Crippen LogP contribution in [0, 0.1) is 0 Å². The highest BCUT2D eigenvalue weighted by Gasteiger charge is 2.42. The second kappa shape index (κ2) is 11.9. The fourth-order valence-corrected chi connectivity index (χ4v) is 8.79. The summed E-state index contributed by atoms with van der Waals surface area (Å²) in [6, 6.07) is 11.9. The first kappa shape index (κ1) is 33.6. The van der Waals surface area contributed by atoms with Gasteiger partial charge in [-0.2, -0.15) is 0 Å². The first-order chi connectivity index (χ1) is 28.1. The molecule has 58 heavy (non-hydrogen) atoms. The Labute approximate surface area is 325 Å². The fourth-order valence-electron chi connectivity index (χ4n) is 8.79. The molecule has 6 aromatic rings. The van der Waals surface area contributed by atoms with E-state index in [0.29, 0.717) is 11.4 Å². The van der Waals surface area contributed by atoms with Crippen molar-refractivity contribution in [3.8, 4) is 0 Å². The van der Waals surface area contributed by atoms with Crippen molar-refractivity contribution in [3.63, 3.8) is 0 Å². The van der Waals surface area contributed by atoms with E-state index in [1.165, 1.54) is 57.9 Å². The second-order valence-electron chi connectivity index (χ2n) is 14.7. The third-order valence-corrected chi connectivity index (χ3v) is 11.5. The summed E-state index contributed by atoms with van der Waals surface area (Å²) in [5, 5.41) is 17.6. The Hall–Kier alpha value is -7.76. The highest BCUT2D eigenvalue weighted by atomic mass is 16.2. The van der Waals surface area contributed by atoms with Crippen LogP contribution in [0.4, 0.5) is 0 Å². The quantitative estimate of drug-likeness (QED) is 0.204. The smallest absolute Gasteiger partial charge is 0.261 e. The standard InChI is InChI=1S/C40H26N10O8/c51-33-21-3-5-23-30-24-6-4-22(29(21)30)34(52)47(33)13-1-11-45-15-19(41-43-45)17-49-37(55)25-7-9-27-32-28(10-8-26(31(25)32)38(49)56)40(58)50(39(27)57)18-20-16-46(44-42-20)12-2-14-48(35(23)53)36(24)54/h3-10,15-16H,1-2,11-14,17-18H2. The number of benzene rings is 4. The lowest BCUT2D eigenvalue weighted by Gasteiger charge is -2.32. The van der Waals surface area contributed by atoms with Crippen LogP contribution in [0.25, 0.3) is 21.5 Å². The van der Waals surface area contributed by atoms with Crippen molar-refractivity contribution in [2.75, 3.05) is 13.1 Å². The van der Waals surface area contributed by atoms with Gasteiger partial charge in [0.2, 0.25) is 0 Å². The topological polar surface area (TPSA) is 211 Å². The van der Waals surface area contributed by atoms with Gasteiger partial charge in [0, 0.05) is 92.2 Å². The van der Waals surface area contributed by atoms with E-state index in [1.54, 1.807) is 12.4 Å². The molecule has 17 heterocycles. The largest absolute Gasteiger partial charge is 0.274 e. The molecule has 0 radical (unpaired) electrons. The van der Waals surface area contributed by atoms with Crippen molar-refractivity contribution >= 4 is 68.8 Å². The van der Waals surface area contributed by atoms with Crippen molar-refractivity contribution in [1.82, 2.24) is 49.6 Å². The maximum Gasteiger partial charge on any atom is 0.261 e. The predicted molar refractivity (Wildman–Crippen MR) is 196 cm³/mol. The average molecular weight is 775 g/mol. The molecule has 0 N–H and O–H groups in total. The van der Waals surface area contributed by atoms with Crippen LogP contribution in [-0.2, 0) is 26.2 Å². The van der Waals surface area contributed by atoms with Gasteiger partial charge in [-0.1, -0.05) is 10.4 Å². The Morgan fingerprint density at radius 3 is 0.879 bits per heavy atom. The first-order valence-corrected chi connectivity index (χ1v) is 18.5. The van der Waals surface area contributed by atoms with Crippen LogP contribution in [0.1, 0.15) is 107 Å². The summed E-state index contributed by atoms with van der Waals surface area (Å²) >= 11 is 0. The minimum atomic E-state index is -0.623. The molecule has 0 saturated carbocycles. The van der Waals surface area contributed by atoms with E-state index in [2.05, 4.69) is 20.6 Å². The molecule has 2 aromatic heterocycles. The molecule has 8 amide bonds. The number of hydrogen-bond acceptors (Lipinski definition) is 12. The molecule has 0 fully saturated rings. The monoisotopic (exact) mass is 774 g/mol. The molecule has 15 aliphatic heterocycles. The zero-order valence-corrected chi connectivity index (χ0v) is 30.2.